The standard InChI is InChI=1S/C20H19N3O/c24-20(18-12-6-14-23(18)16-9-2-1-3-10-16)22-17-11-4-7-15-8-5-13-21-19(15)17/h1-5,7-11,13,18H,6,12,14H2,(H,22,24)/t18-/m1/s1. The number of fused-ring (bicyclic) bond motifs is 1. The second-order valence-corrected chi connectivity index (χ2v) is 6.06. The number of aromatic nitrogens is 1. The number of nitrogens with one attached hydrogen (secondary N) is 1. The summed E-state index contributed by atoms with van der Waals surface area (Å²) in [7, 11) is 0. The molecule has 0 saturated carbocycles. The Bertz CT molecular complexity index is 858. The monoisotopic (exact) mass is 317 g/mol. The van der Waals surface area contributed by atoms with Gasteiger partial charge in [-0.2, -0.15) is 0 Å². The summed E-state index contributed by atoms with van der Waals surface area (Å²) in [6.07, 6.45) is 3.66. The first-order valence-corrected chi connectivity index (χ1v) is 8.29. The van der Waals surface area contributed by atoms with Gasteiger partial charge in [0.15, 0.2) is 0 Å². The van der Waals surface area contributed by atoms with Crippen molar-refractivity contribution in [3.8, 4) is 0 Å². The molecular formula is C20H19N3O. The van der Waals surface area contributed by atoms with Crippen LogP contribution in [0.3, 0.4) is 0 Å². The van der Waals surface area contributed by atoms with Gasteiger partial charge in [0.05, 0.1) is 11.2 Å². The highest BCUT2D eigenvalue weighted by atomic mass is 16.2. The summed E-state index contributed by atoms with van der Waals surface area (Å²) >= 11 is 0. The summed E-state index contributed by atoms with van der Waals surface area (Å²) < 4.78 is 0. The van der Waals surface area contributed by atoms with E-state index in [9.17, 15) is 4.79 Å². The molecule has 4 heteroatoms. The molecule has 2 aromatic carbocycles. The number of nitrogens with zero attached hydrogens (tertiary/aromatic N) is 2. The zero-order valence-electron chi connectivity index (χ0n) is 13.4. The Labute approximate surface area is 141 Å². The van der Waals surface area contributed by atoms with E-state index in [0.717, 1.165) is 41.7 Å². The second kappa shape index (κ2) is 6.32. The summed E-state index contributed by atoms with van der Waals surface area (Å²) in [6, 6.07) is 19.8. The van der Waals surface area contributed by atoms with Gasteiger partial charge in [-0.25, -0.2) is 0 Å². The van der Waals surface area contributed by atoms with Gasteiger partial charge in [0.25, 0.3) is 0 Å². The molecule has 4 rings (SSSR count). The molecule has 2 heterocycles. The number of amides is 1. The number of rotatable bonds is 3. The van der Waals surface area contributed by atoms with Crippen LogP contribution >= 0.6 is 0 Å². The van der Waals surface area contributed by atoms with Gasteiger partial charge >= 0.3 is 0 Å². The molecule has 1 amide bonds. The van der Waals surface area contributed by atoms with Crippen LogP contribution in [-0.4, -0.2) is 23.5 Å². The summed E-state index contributed by atoms with van der Waals surface area (Å²) in [6.45, 7) is 0.913. The molecular weight excluding hydrogens is 298 g/mol. The van der Waals surface area contributed by atoms with Gasteiger partial charge in [-0.15, -0.1) is 0 Å². The number of benzene rings is 2. The molecule has 1 fully saturated rings. The minimum atomic E-state index is -0.133. The van der Waals surface area contributed by atoms with Crippen LogP contribution < -0.4 is 10.2 Å². The normalized spacial score (nSPS) is 17.2. The van der Waals surface area contributed by atoms with Crippen LogP contribution in [0.4, 0.5) is 11.4 Å². The molecule has 1 atom stereocenters. The van der Waals surface area contributed by atoms with Gasteiger partial charge in [-0.05, 0) is 37.1 Å². The Morgan fingerprint density at radius 1 is 1.04 bits per heavy atom. The fourth-order valence-corrected chi connectivity index (χ4v) is 3.39. The average molecular weight is 317 g/mol. The van der Waals surface area contributed by atoms with Gasteiger partial charge in [0.1, 0.15) is 6.04 Å². The molecule has 1 aromatic heterocycles. The lowest BCUT2D eigenvalue weighted by Gasteiger charge is -2.26. The van der Waals surface area contributed by atoms with Crippen LogP contribution in [0, 0.1) is 0 Å². The number of carbonyl (C=O) groups is 1. The van der Waals surface area contributed by atoms with Crippen LogP contribution in [0.1, 0.15) is 12.8 Å². The zero-order chi connectivity index (χ0) is 16.4. The highest BCUT2D eigenvalue weighted by Gasteiger charge is 2.31. The van der Waals surface area contributed by atoms with Crippen molar-refractivity contribution in [2.24, 2.45) is 0 Å². The van der Waals surface area contributed by atoms with Crippen molar-refractivity contribution >= 4 is 28.2 Å². The SMILES string of the molecule is O=C(Nc1cccc2cccnc12)[C@H]1CCCN1c1ccccc1. The van der Waals surface area contributed by atoms with Crippen molar-refractivity contribution < 1.29 is 4.79 Å². The Morgan fingerprint density at radius 2 is 1.88 bits per heavy atom. The molecule has 24 heavy (non-hydrogen) atoms. The minimum absolute atomic E-state index is 0.0366. The number of para-hydroxylation sites is 2. The van der Waals surface area contributed by atoms with Crippen LogP contribution in [0.5, 0.6) is 0 Å². The van der Waals surface area contributed by atoms with Crippen LogP contribution in [0.2, 0.25) is 0 Å². The Morgan fingerprint density at radius 3 is 2.75 bits per heavy atom. The highest BCUT2D eigenvalue weighted by Crippen LogP contribution is 2.27. The molecule has 1 N–H and O–H groups in total. The molecule has 0 unspecified atom stereocenters. The predicted molar refractivity (Wildman–Crippen MR) is 97.2 cm³/mol. The van der Waals surface area contributed by atoms with Crippen molar-refractivity contribution in [2.45, 2.75) is 18.9 Å². The van der Waals surface area contributed by atoms with Crippen LogP contribution in [-0.2, 0) is 4.79 Å². The second-order valence-electron chi connectivity index (χ2n) is 6.06. The van der Waals surface area contributed by atoms with E-state index in [4.69, 9.17) is 0 Å². The predicted octanol–water partition coefficient (Wildman–Crippen LogP) is 3.84. The molecule has 1 aliphatic rings. The molecule has 1 aliphatic heterocycles. The quantitative estimate of drug-likeness (QED) is 0.798. The van der Waals surface area contributed by atoms with Crippen molar-refractivity contribution in [2.75, 3.05) is 16.8 Å². The molecule has 3 aromatic rings. The maximum atomic E-state index is 12.9. The molecule has 120 valence electrons. The van der Waals surface area contributed by atoms with Gasteiger partial charge in [-0.3, -0.25) is 9.78 Å². The molecule has 0 bridgehead atoms. The van der Waals surface area contributed by atoms with Crippen molar-refractivity contribution in [1.82, 2.24) is 4.98 Å². The average Bonchev–Trinajstić information content (AvgIpc) is 3.13. The topological polar surface area (TPSA) is 45.2 Å². The van der Waals surface area contributed by atoms with E-state index in [-0.39, 0.29) is 11.9 Å². The molecule has 0 aliphatic carbocycles. The van der Waals surface area contributed by atoms with Gasteiger partial charge < -0.3 is 10.2 Å². The fraction of sp³-hybridized carbons (Fsp3) is 0.200. The Kier molecular flexibility index (Phi) is 3.87. The minimum Gasteiger partial charge on any atom is -0.360 e. The molecule has 1 saturated heterocycles. The van der Waals surface area contributed by atoms with Gasteiger partial charge in [0.2, 0.25) is 5.91 Å². The summed E-state index contributed by atoms with van der Waals surface area (Å²) in [5, 5.41) is 4.11. The first kappa shape index (κ1) is 14.7. The van der Waals surface area contributed by atoms with E-state index in [1.807, 2.05) is 48.5 Å². The Balaban J connectivity index is 1.59. The van der Waals surface area contributed by atoms with E-state index in [1.54, 1.807) is 6.20 Å². The van der Waals surface area contributed by atoms with Crippen molar-refractivity contribution in [3.05, 3.63) is 66.9 Å². The van der Waals surface area contributed by atoms with E-state index >= 15 is 0 Å². The van der Waals surface area contributed by atoms with Crippen molar-refractivity contribution in [3.63, 3.8) is 0 Å². The lowest BCUT2D eigenvalue weighted by Crippen LogP contribution is -2.39. The maximum Gasteiger partial charge on any atom is 0.247 e. The smallest absolute Gasteiger partial charge is 0.247 e. The number of hydrogen-bond donors (Lipinski definition) is 1. The highest BCUT2D eigenvalue weighted by molar-refractivity contribution is 6.03. The summed E-state index contributed by atoms with van der Waals surface area (Å²) in [5.41, 5.74) is 2.71. The number of pyridine rings is 1. The molecule has 0 spiro atoms. The van der Waals surface area contributed by atoms with Gasteiger partial charge in [0, 0.05) is 23.8 Å². The zero-order valence-corrected chi connectivity index (χ0v) is 13.4. The fourth-order valence-electron chi connectivity index (χ4n) is 3.39. The van der Waals surface area contributed by atoms with E-state index in [1.165, 1.54) is 0 Å². The first-order chi connectivity index (χ1) is 11.8. The third-order valence-electron chi connectivity index (χ3n) is 4.53. The van der Waals surface area contributed by atoms with E-state index < -0.39 is 0 Å². The number of carbonyl (C=O) groups excluding carboxylic acids is 1. The lowest BCUT2D eigenvalue weighted by molar-refractivity contribution is -0.117. The first-order valence-electron chi connectivity index (χ1n) is 8.29. The number of hydrogen-bond acceptors (Lipinski definition) is 3. The third kappa shape index (κ3) is 2.71. The third-order valence-corrected chi connectivity index (χ3v) is 4.53. The largest absolute Gasteiger partial charge is 0.360 e. The summed E-state index contributed by atoms with van der Waals surface area (Å²) in [4.78, 5) is 19.5. The van der Waals surface area contributed by atoms with E-state index in [2.05, 4.69) is 27.3 Å². The maximum absolute atomic E-state index is 12.9. The molecule has 0 radical (unpaired) electrons. The lowest BCUT2D eigenvalue weighted by atomic mass is 10.1. The Hall–Kier alpha value is -2.88. The summed E-state index contributed by atoms with van der Waals surface area (Å²) in [5.74, 6) is 0.0366. The molecule has 4 nitrogen and oxygen atoms in total. The van der Waals surface area contributed by atoms with Crippen molar-refractivity contribution in [1.29, 1.82) is 0 Å². The van der Waals surface area contributed by atoms with Crippen LogP contribution in [0.15, 0.2) is 66.9 Å². The number of anilines is 2. The van der Waals surface area contributed by atoms with Crippen LogP contribution in [0.25, 0.3) is 10.9 Å². The van der Waals surface area contributed by atoms with Gasteiger partial charge in [-0.1, -0.05) is 36.4 Å². The van der Waals surface area contributed by atoms with E-state index in [0.29, 0.717) is 0 Å².